The Morgan fingerprint density at radius 1 is 1.71 bits per heavy atom. The number of carbonyl (C=O) groups excluding carboxylic acids is 1. The zero-order valence-electron chi connectivity index (χ0n) is 9.87. The molecular formula is C10H17N5O2. The Bertz CT molecular complexity index is 392. The molecule has 0 aromatic carbocycles. The van der Waals surface area contributed by atoms with Gasteiger partial charge in [0.25, 0.3) is 0 Å². The van der Waals surface area contributed by atoms with E-state index in [9.17, 15) is 4.79 Å². The van der Waals surface area contributed by atoms with Gasteiger partial charge in [0.2, 0.25) is 11.9 Å². The quantitative estimate of drug-likeness (QED) is 0.768. The van der Waals surface area contributed by atoms with Crippen molar-refractivity contribution in [1.29, 1.82) is 0 Å². The minimum atomic E-state index is 0.0247. The van der Waals surface area contributed by atoms with Gasteiger partial charge >= 0.3 is 0 Å². The molecule has 0 aliphatic carbocycles. The van der Waals surface area contributed by atoms with Gasteiger partial charge in [-0.25, -0.2) is 9.67 Å². The SMILES string of the molecule is CCC1CN(C(=O)Cn2cnc(N)n2)CCO1. The van der Waals surface area contributed by atoms with E-state index >= 15 is 0 Å². The van der Waals surface area contributed by atoms with Crippen molar-refractivity contribution in [3.05, 3.63) is 6.33 Å². The number of carbonyl (C=O) groups is 1. The third-order valence-corrected chi connectivity index (χ3v) is 2.80. The number of hydrogen-bond donors (Lipinski definition) is 1. The highest BCUT2D eigenvalue weighted by Gasteiger charge is 2.23. The first-order chi connectivity index (χ1) is 8.19. The number of rotatable bonds is 3. The summed E-state index contributed by atoms with van der Waals surface area (Å²) in [4.78, 5) is 17.6. The van der Waals surface area contributed by atoms with Crippen LogP contribution in [-0.4, -0.2) is 51.4 Å². The first kappa shape index (κ1) is 11.8. The molecule has 0 saturated carbocycles. The van der Waals surface area contributed by atoms with Gasteiger partial charge in [-0.3, -0.25) is 4.79 Å². The highest BCUT2D eigenvalue weighted by Crippen LogP contribution is 2.08. The lowest BCUT2D eigenvalue weighted by molar-refractivity contribution is -0.139. The zero-order valence-corrected chi connectivity index (χ0v) is 9.87. The van der Waals surface area contributed by atoms with Crippen molar-refractivity contribution in [2.24, 2.45) is 0 Å². The second-order valence-electron chi connectivity index (χ2n) is 4.04. The summed E-state index contributed by atoms with van der Waals surface area (Å²) in [5, 5.41) is 3.89. The molecule has 1 amide bonds. The molecule has 0 bridgehead atoms. The molecule has 1 unspecified atom stereocenters. The van der Waals surface area contributed by atoms with E-state index in [2.05, 4.69) is 17.0 Å². The first-order valence-corrected chi connectivity index (χ1v) is 5.73. The largest absolute Gasteiger partial charge is 0.375 e. The van der Waals surface area contributed by atoms with Crippen LogP contribution in [0.5, 0.6) is 0 Å². The highest BCUT2D eigenvalue weighted by atomic mass is 16.5. The Morgan fingerprint density at radius 2 is 2.53 bits per heavy atom. The van der Waals surface area contributed by atoms with E-state index in [1.165, 1.54) is 11.0 Å². The molecule has 94 valence electrons. The molecule has 2 N–H and O–H groups in total. The number of hydrogen-bond acceptors (Lipinski definition) is 5. The van der Waals surface area contributed by atoms with Crippen LogP contribution in [0, 0.1) is 0 Å². The van der Waals surface area contributed by atoms with E-state index < -0.39 is 0 Å². The maximum absolute atomic E-state index is 12.0. The Hall–Kier alpha value is -1.63. The van der Waals surface area contributed by atoms with Crippen LogP contribution in [-0.2, 0) is 16.1 Å². The standard InChI is InChI=1S/C10H17N5O2/c1-2-8-5-14(3-4-17-8)9(16)6-15-7-12-10(11)13-15/h7-8H,2-6H2,1H3,(H2,11,13). The van der Waals surface area contributed by atoms with E-state index in [4.69, 9.17) is 10.5 Å². The van der Waals surface area contributed by atoms with Crippen LogP contribution in [0.4, 0.5) is 5.95 Å². The maximum atomic E-state index is 12.0. The van der Waals surface area contributed by atoms with Gasteiger partial charge in [0, 0.05) is 13.1 Å². The number of ether oxygens (including phenoxy) is 1. The monoisotopic (exact) mass is 239 g/mol. The fourth-order valence-electron chi connectivity index (χ4n) is 1.82. The van der Waals surface area contributed by atoms with Crippen molar-refractivity contribution < 1.29 is 9.53 Å². The Labute approximate surface area is 99.5 Å². The predicted molar refractivity (Wildman–Crippen MR) is 61.0 cm³/mol. The summed E-state index contributed by atoms with van der Waals surface area (Å²) < 4.78 is 6.97. The second kappa shape index (κ2) is 5.13. The summed E-state index contributed by atoms with van der Waals surface area (Å²) in [5.74, 6) is 0.211. The van der Waals surface area contributed by atoms with Crippen LogP contribution >= 0.6 is 0 Å². The maximum Gasteiger partial charge on any atom is 0.244 e. The van der Waals surface area contributed by atoms with Gasteiger partial charge in [-0.15, -0.1) is 5.10 Å². The number of morpholine rings is 1. The zero-order chi connectivity index (χ0) is 12.3. The van der Waals surface area contributed by atoms with E-state index in [1.54, 1.807) is 4.90 Å². The average molecular weight is 239 g/mol. The highest BCUT2D eigenvalue weighted by molar-refractivity contribution is 5.76. The van der Waals surface area contributed by atoms with Crippen molar-refractivity contribution in [2.45, 2.75) is 26.0 Å². The van der Waals surface area contributed by atoms with Gasteiger partial charge in [-0.05, 0) is 6.42 Å². The molecule has 7 heteroatoms. The molecule has 0 radical (unpaired) electrons. The lowest BCUT2D eigenvalue weighted by Crippen LogP contribution is -2.46. The van der Waals surface area contributed by atoms with Crippen molar-refractivity contribution in [2.75, 3.05) is 25.4 Å². The molecule has 0 spiro atoms. The Morgan fingerprint density at radius 3 is 3.18 bits per heavy atom. The fraction of sp³-hybridized carbons (Fsp3) is 0.700. The average Bonchev–Trinajstić information content (AvgIpc) is 2.75. The summed E-state index contributed by atoms with van der Waals surface area (Å²) in [6.07, 6.45) is 2.53. The number of nitrogen functional groups attached to an aromatic ring is 1. The van der Waals surface area contributed by atoms with Crippen LogP contribution in [0.25, 0.3) is 0 Å². The van der Waals surface area contributed by atoms with E-state index in [1.807, 2.05) is 0 Å². The molecule has 1 fully saturated rings. The Kier molecular flexibility index (Phi) is 3.58. The van der Waals surface area contributed by atoms with Crippen LogP contribution in [0.15, 0.2) is 6.33 Å². The van der Waals surface area contributed by atoms with Crippen LogP contribution in [0.2, 0.25) is 0 Å². The fourth-order valence-corrected chi connectivity index (χ4v) is 1.82. The van der Waals surface area contributed by atoms with Gasteiger partial charge in [0.05, 0.1) is 12.7 Å². The van der Waals surface area contributed by atoms with E-state index in [0.29, 0.717) is 19.7 Å². The summed E-state index contributed by atoms with van der Waals surface area (Å²) >= 11 is 0. The van der Waals surface area contributed by atoms with Crippen molar-refractivity contribution in [1.82, 2.24) is 19.7 Å². The van der Waals surface area contributed by atoms with Gasteiger partial charge in [0.15, 0.2) is 0 Å². The molecule has 7 nitrogen and oxygen atoms in total. The smallest absolute Gasteiger partial charge is 0.244 e. The lowest BCUT2D eigenvalue weighted by Gasteiger charge is -2.32. The third kappa shape index (κ3) is 2.94. The van der Waals surface area contributed by atoms with E-state index in [-0.39, 0.29) is 24.5 Å². The van der Waals surface area contributed by atoms with E-state index in [0.717, 1.165) is 6.42 Å². The third-order valence-electron chi connectivity index (χ3n) is 2.80. The Balaban J connectivity index is 1.91. The summed E-state index contributed by atoms with van der Waals surface area (Å²) in [6.45, 7) is 4.13. The van der Waals surface area contributed by atoms with Crippen LogP contribution in [0.3, 0.4) is 0 Å². The topological polar surface area (TPSA) is 86.3 Å². The number of nitrogens with two attached hydrogens (primary N) is 1. The minimum absolute atomic E-state index is 0.0247. The lowest BCUT2D eigenvalue weighted by atomic mass is 10.2. The summed E-state index contributed by atoms with van der Waals surface area (Å²) in [6, 6.07) is 0. The number of anilines is 1. The number of nitrogens with zero attached hydrogens (tertiary/aromatic N) is 4. The van der Waals surface area contributed by atoms with Gasteiger partial charge in [-0.2, -0.15) is 0 Å². The minimum Gasteiger partial charge on any atom is -0.375 e. The van der Waals surface area contributed by atoms with Crippen molar-refractivity contribution in [3.63, 3.8) is 0 Å². The van der Waals surface area contributed by atoms with Crippen molar-refractivity contribution in [3.8, 4) is 0 Å². The van der Waals surface area contributed by atoms with Gasteiger partial charge in [0.1, 0.15) is 12.9 Å². The molecule has 1 saturated heterocycles. The number of amides is 1. The molecule has 1 aromatic rings. The second-order valence-corrected chi connectivity index (χ2v) is 4.04. The molecule has 2 heterocycles. The first-order valence-electron chi connectivity index (χ1n) is 5.73. The molecule has 1 atom stereocenters. The van der Waals surface area contributed by atoms with Crippen LogP contribution in [0.1, 0.15) is 13.3 Å². The van der Waals surface area contributed by atoms with Crippen molar-refractivity contribution >= 4 is 11.9 Å². The predicted octanol–water partition coefficient (Wildman–Crippen LogP) is -0.502. The van der Waals surface area contributed by atoms with Gasteiger partial charge in [-0.1, -0.05) is 6.92 Å². The molecule has 1 aliphatic heterocycles. The molecular weight excluding hydrogens is 222 g/mol. The normalized spacial score (nSPS) is 20.5. The summed E-state index contributed by atoms with van der Waals surface area (Å²) in [7, 11) is 0. The van der Waals surface area contributed by atoms with Crippen LogP contribution < -0.4 is 5.73 Å². The molecule has 1 aromatic heterocycles. The molecule has 17 heavy (non-hydrogen) atoms. The molecule has 1 aliphatic rings. The molecule has 2 rings (SSSR count). The van der Waals surface area contributed by atoms with Gasteiger partial charge < -0.3 is 15.4 Å². The summed E-state index contributed by atoms with van der Waals surface area (Å²) in [5.41, 5.74) is 5.39. The number of aromatic nitrogens is 3.